The molecule has 1 unspecified atom stereocenters. The second kappa shape index (κ2) is 6.92. The Morgan fingerprint density at radius 2 is 2.28 bits per heavy atom. The van der Waals surface area contributed by atoms with E-state index >= 15 is 0 Å². The molecule has 0 bridgehead atoms. The molecule has 1 aromatic heterocycles. The van der Waals surface area contributed by atoms with Crippen molar-refractivity contribution in [3.8, 4) is 5.75 Å². The predicted molar refractivity (Wildman–Crippen MR) is 75.2 cm³/mol. The standard InChI is InChI=1S/C13H21N3O.ClH/c1-10-5-13(17-2)6-12(15-10)9-16-4-3-11(7-14)8-16;/h5-6,11H,3-4,7-9,14H2,1-2H3;1H. The van der Waals surface area contributed by atoms with E-state index in [0.29, 0.717) is 5.92 Å². The first-order chi connectivity index (χ1) is 8.21. The third kappa shape index (κ3) is 3.83. The van der Waals surface area contributed by atoms with Crippen molar-refractivity contribution in [3.05, 3.63) is 23.5 Å². The molecular formula is C13H22ClN3O. The highest BCUT2D eigenvalue weighted by Gasteiger charge is 2.21. The first kappa shape index (κ1) is 15.2. The van der Waals surface area contributed by atoms with E-state index in [-0.39, 0.29) is 12.4 Å². The van der Waals surface area contributed by atoms with Crippen molar-refractivity contribution in [2.45, 2.75) is 19.9 Å². The molecule has 1 aromatic rings. The van der Waals surface area contributed by atoms with Crippen molar-refractivity contribution in [2.24, 2.45) is 11.7 Å². The van der Waals surface area contributed by atoms with E-state index in [1.807, 2.05) is 19.1 Å². The Labute approximate surface area is 115 Å². The summed E-state index contributed by atoms with van der Waals surface area (Å²) in [5.41, 5.74) is 7.79. The van der Waals surface area contributed by atoms with Gasteiger partial charge in [0, 0.05) is 30.9 Å². The number of halogens is 1. The van der Waals surface area contributed by atoms with Gasteiger partial charge in [-0.05, 0) is 32.4 Å². The van der Waals surface area contributed by atoms with Crippen molar-refractivity contribution >= 4 is 12.4 Å². The topological polar surface area (TPSA) is 51.4 Å². The molecule has 18 heavy (non-hydrogen) atoms. The van der Waals surface area contributed by atoms with Gasteiger partial charge in [0.15, 0.2) is 0 Å². The van der Waals surface area contributed by atoms with E-state index in [1.54, 1.807) is 7.11 Å². The average molecular weight is 272 g/mol. The van der Waals surface area contributed by atoms with E-state index in [9.17, 15) is 0 Å². The van der Waals surface area contributed by atoms with Crippen molar-refractivity contribution in [1.29, 1.82) is 0 Å². The van der Waals surface area contributed by atoms with Crippen LogP contribution in [-0.2, 0) is 6.54 Å². The summed E-state index contributed by atoms with van der Waals surface area (Å²) in [7, 11) is 1.69. The van der Waals surface area contributed by atoms with E-state index in [4.69, 9.17) is 10.5 Å². The molecule has 2 N–H and O–H groups in total. The van der Waals surface area contributed by atoms with Gasteiger partial charge in [0.1, 0.15) is 5.75 Å². The number of hydrogen-bond donors (Lipinski definition) is 1. The summed E-state index contributed by atoms with van der Waals surface area (Å²) < 4.78 is 5.26. The van der Waals surface area contributed by atoms with E-state index in [1.165, 1.54) is 6.42 Å². The van der Waals surface area contributed by atoms with Gasteiger partial charge >= 0.3 is 0 Å². The number of methoxy groups -OCH3 is 1. The molecule has 1 atom stereocenters. The van der Waals surface area contributed by atoms with E-state index in [2.05, 4.69) is 9.88 Å². The molecule has 0 radical (unpaired) electrons. The zero-order valence-corrected chi connectivity index (χ0v) is 11.9. The van der Waals surface area contributed by atoms with Gasteiger partial charge in [0.2, 0.25) is 0 Å². The van der Waals surface area contributed by atoms with Gasteiger partial charge < -0.3 is 10.5 Å². The zero-order chi connectivity index (χ0) is 12.3. The summed E-state index contributed by atoms with van der Waals surface area (Å²) >= 11 is 0. The minimum atomic E-state index is 0. The Balaban J connectivity index is 0.00000162. The summed E-state index contributed by atoms with van der Waals surface area (Å²) in [4.78, 5) is 6.96. The summed E-state index contributed by atoms with van der Waals surface area (Å²) in [6.45, 7) is 5.91. The minimum absolute atomic E-state index is 0. The van der Waals surface area contributed by atoms with Crippen molar-refractivity contribution in [1.82, 2.24) is 9.88 Å². The van der Waals surface area contributed by atoms with Crippen LogP contribution >= 0.6 is 12.4 Å². The number of rotatable bonds is 4. The molecule has 0 aromatic carbocycles. The van der Waals surface area contributed by atoms with Crippen LogP contribution in [-0.4, -0.2) is 36.6 Å². The van der Waals surface area contributed by atoms with Crippen LogP contribution < -0.4 is 10.5 Å². The number of nitrogens with two attached hydrogens (primary N) is 1. The molecule has 2 heterocycles. The second-order valence-corrected chi connectivity index (χ2v) is 4.77. The fourth-order valence-electron chi connectivity index (χ4n) is 2.38. The van der Waals surface area contributed by atoms with Crippen molar-refractivity contribution in [3.63, 3.8) is 0 Å². The number of aryl methyl sites for hydroxylation is 1. The fourth-order valence-corrected chi connectivity index (χ4v) is 2.38. The highest BCUT2D eigenvalue weighted by molar-refractivity contribution is 5.85. The molecule has 0 spiro atoms. The summed E-state index contributed by atoms with van der Waals surface area (Å²) in [5, 5.41) is 0. The normalized spacial score (nSPS) is 19.6. The fraction of sp³-hybridized carbons (Fsp3) is 0.615. The van der Waals surface area contributed by atoms with Gasteiger partial charge in [-0.15, -0.1) is 12.4 Å². The number of pyridine rings is 1. The van der Waals surface area contributed by atoms with Crippen LogP contribution in [0.3, 0.4) is 0 Å². The zero-order valence-electron chi connectivity index (χ0n) is 11.1. The van der Waals surface area contributed by atoms with Crippen LogP contribution in [0.5, 0.6) is 5.75 Å². The molecule has 2 rings (SSSR count). The Morgan fingerprint density at radius 3 is 2.89 bits per heavy atom. The number of nitrogens with zero attached hydrogens (tertiary/aromatic N) is 2. The lowest BCUT2D eigenvalue weighted by Gasteiger charge is -2.16. The highest BCUT2D eigenvalue weighted by atomic mass is 35.5. The largest absolute Gasteiger partial charge is 0.497 e. The predicted octanol–water partition coefficient (Wildman–Crippen LogP) is 1.60. The number of hydrogen-bond acceptors (Lipinski definition) is 4. The van der Waals surface area contributed by atoms with Crippen LogP contribution in [0, 0.1) is 12.8 Å². The van der Waals surface area contributed by atoms with Crippen molar-refractivity contribution < 1.29 is 4.74 Å². The molecule has 1 saturated heterocycles. The molecule has 5 heteroatoms. The third-order valence-corrected chi connectivity index (χ3v) is 3.30. The first-order valence-electron chi connectivity index (χ1n) is 6.15. The molecule has 0 aliphatic carbocycles. The lowest BCUT2D eigenvalue weighted by atomic mass is 10.1. The molecular weight excluding hydrogens is 250 g/mol. The summed E-state index contributed by atoms with van der Waals surface area (Å²) in [6, 6.07) is 3.97. The smallest absolute Gasteiger partial charge is 0.122 e. The maximum Gasteiger partial charge on any atom is 0.122 e. The van der Waals surface area contributed by atoms with Crippen LogP contribution in [0.1, 0.15) is 17.8 Å². The first-order valence-corrected chi connectivity index (χ1v) is 6.15. The maximum atomic E-state index is 5.70. The minimum Gasteiger partial charge on any atom is -0.497 e. The Bertz CT molecular complexity index is 386. The van der Waals surface area contributed by atoms with E-state index in [0.717, 1.165) is 43.3 Å². The second-order valence-electron chi connectivity index (χ2n) is 4.77. The van der Waals surface area contributed by atoms with Crippen LogP contribution in [0.15, 0.2) is 12.1 Å². The summed E-state index contributed by atoms with van der Waals surface area (Å²) in [6.07, 6.45) is 1.21. The molecule has 102 valence electrons. The lowest BCUT2D eigenvalue weighted by molar-refractivity contribution is 0.312. The quantitative estimate of drug-likeness (QED) is 0.904. The Hall–Kier alpha value is -0.840. The van der Waals surface area contributed by atoms with Crippen LogP contribution in [0.25, 0.3) is 0 Å². The molecule has 1 aliphatic rings. The SMILES string of the molecule is COc1cc(C)nc(CN2CCC(CN)C2)c1.Cl. The van der Waals surface area contributed by atoms with Gasteiger partial charge in [-0.3, -0.25) is 9.88 Å². The lowest BCUT2D eigenvalue weighted by Crippen LogP contribution is -2.23. The Kier molecular flexibility index (Phi) is 5.85. The number of aromatic nitrogens is 1. The number of ether oxygens (including phenoxy) is 1. The summed E-state index contributed by atoms with van der Waals surface area (Å²) in [5.74, 6) is 1.55. The molecule has 1 fully saturated rings. The third-order valence-electron chi connectivity index (χ3n) is 3.30. The van der Waals surface area contributed by atoms with Gasteiger partial charge in [0.25, 0.3) is 0 Å². The molecule has 1 aliphatic heterocycles. The monoisotopic (exact) mass is 271 g/mol. The van der Waals surface area contributed by atoms with Gasteiger partial charge in [0.05, 0.1) is 12.8 Å². The van der Waals surface area contributed by atoms with Gasteiger partial charge in [-0.2, -0.15) is 0 Å². The highest BCUT2D eigenvalue weighted by Crippen LogP contribution is 2.19. The van der Waals surface area contributed by atoms with Gasteiger partial charge in [-0.1, -0.05) is 0 Å². The maximum absolute atomic E-state index is 5.70. The average Bonchev–Trinajstić information content (AvgIpc) is 2.76. The molecule has 0 amide bonds. The van der Waals surface area contributed by atoms with Crippen LogP contribution in [0.4, 0.5) is 0 Å². The van der Waals surface area contributed by atoms with Crippen molar-refractivity contribution in [2.75, 3.05) is 26.7 Å². The molecule has 4 nitrogen and oxygen atoms in total. The number of likely N-dealkylation sites (tertiary alicyclic amines) is 1. The van der Waals surface area contributed by atoms with Crippen LogP contribution in [0.2, 0.25) is 0 Å². The van der Waals surface area contributed by atoms with Gasteiger partial charge in [-0.25, -0.2) is 0 Å². The van der Waals surface area contributed by atoms with E-state index < -0.39 is 0 Å². The molecule has 0 saturated carbocycles. The Morgan fingerprint density at radius 1 is 1.50 bits per heavy atom.